The predicted molar refractivity (Wildman–Crippen MR) is 56.7 cm³/mol. The van der Waals surface area contributed by atoms with Gasteiger partial charge in [0, 0.05) is 0 Å². The van der Waals surface area contributed by atoms with E-state index < -0.39 is 13.4 Å². The Kier molecular flexibility index (Phi) is 5.67. The molecule has 0 atom stereocenters. The highest BCUT2D eigenvalue weighted by atomic mass is 31.2. The molecule has 5 nitrogen and oxygen atoms in total. The normalized spacial score (nSPS) is 12.9. The topological polar surface area (TPSA) is 61.8 Å². The van der Waals surface area contributed by atoms with Crippen LogP contribution in [-0.2, 0) is 22.9 Å². The Morgan fingerprint density at radius 3 is 1.87 bits per heavy atom. The molecule has 15 heavy (non-hydrogen) atoms. The van der Waals surface area contributed by atoms with Gasteiger partial charge in [0.2, 0.25) is 0 Å². The van der Waals surface area contributed by atoms with Crippen LogP contribution in [0.25, 0.3) is 0 Å². The third kappa shape index (κ3) is 4.89. The first kappa shape index (κ1) is 14.8. The van der Waals surface area contributed by atoms with Crippen molar-refractivity contribution in [2.75, 3.05) is 13.2 Å². The van der Waals surface area contributed by atoms with Gasteiger partial charge in [0.15, 0.2) is 5.78 Å². The molecule has 0 spiro atoms. The van der Waals surface area contributed by atoms with Gasteiger partial charge in [-0.15, -0.1) is 0 Å². The minimum Gasteiger partial charge on any atom is -0.297 e. The smallest absolute Gasteiger partial charge is 0.297 e. The molecule has 0 aromatic carbocycles. The summed E-state index contributed by atoms with van der Waals surface area (Å²) in [6.07, 6.45) is 0. The molecule has 0 aliphatic rings. The summed E-state index contributed by atoms with van der Waals surface area (Å²) in [5.41, 5.74) is -1.17. The molecule has 0 aromatic heterocycles. The largest absolute Gasteiger partial charge is 0.475 e. The van der Waals surface area contributed by atoms with Crippen LogP contribution in [-0.4, -0.2) is 24.6 Å². The molecule has 0 aliphatic carbocycles. The number of rotatable bonds is 7. The van der Waals surface area contributed by atoms with Crippen molar-refractivity contribution in [1.82, 2.24) is 0 Å². The van der Waals surface area contributed by atoms with Crippen LogP contribution < -0.4 is 0 Å². The van der Waals surface area contributed by atoms with Crippen molar-refractivity contribution in [3.63, 3.8) is 0 Å². The zero-order valence-electron chi connectivity index (χ0n) is 9.90. The number of phosphoric ester groups is 1. The second-order valence-corrected chi connectivity index (χ2v) is 5.03. The lowest BCUT2D eigenvalue weighted by Crippen LogP contribution is -2.32. The Hall–Kier alpha value is -0.220. The summed E-state index contributed by atoms with van der Waals surface area (Å²) in [6, 6.07) is 0. The Bertz CT molecular complexity index is 251. The van der Waals surface area contributed by atoms with E-state index in [9.17, 15) is 9.36 Å². The van der Waals surface area contributed by atoms with Crippen molar-refractivity contribution in [3.8, 4) is 0 Å². The van der Waals surface area contributed by atoms with Crippen LogP contribution in [0.4, 0.5) is 0 Å². The van der Waals surface area contributed by atoms with Gasteiger partial charge in [-0.2, -0.15) is 0 Å². The highest BCUT2D eigenvalue weighted by molar-refractivity contribution is 7.48. The van der Waals surface area contributed by atoms with Crippen molar-refractivity contribution in [2.45, 2.75) is 40.2 Å². The fourth-order valence-corrected chi connectivity index (χ4v) is 2.25. The molecular formula is C9H19O5P. The molecule has 0 heterocycles. The summed E-state index contributed by atoms with van der Waals surface area (Å²) in [7, 11) is -3.62. The van der Waals surface area contributed by atoms with Crippen molar-refractivity contribution in [3.05, 3.63) is 0 Å². The van der Waals surface area contributed by atoms with Gasteiger partial charge >= 0.3 is 7.82 Å². The van der Waals surface area contributed by atoms with E-state index in [1.54, 1.807) is 13.8 Å². The van der Waals surface area contributed by atoms with Gasteiger partial charge in [-0.05, 0) is 34.6 Å². The minimum atomic E-state index is -3.62. The van der Waals surface area contributed by atoms with Crippen molar-refractivity contribution in [1.29, 1.82) is 0 Å². The van der Waals surface area contributed by atoms with Crippen LogP contribution in [0, 0.1) is 0 Å². The van der Waals surface area contributed by atoms with Gasteiger partial charge < -0.3 is 0 Å². The van der Waals surface area contributed by atoms with E-state index in [0.29, 0.717) is 0 Å². The number of carbonyl (C=O) groups is 1. The lowest BCUT2D eigenvalue weighted by atomic mass is 10.1. The SMILES string of the molecule is CCOP(=O)(OCC)OC(C)(C)C(C)=O. The van der Waals surface area contributed by atoms with Gasteiger partial charge in [0.25, 0.3) is 0 Å². The summed E-state index contributed by atoms with van der Waals surface area (Å²) in [5.74, 6) is -0.234. The maximum absolute atomic E-state index is 11.9. The Balaban J connectivity index is 4.68. The molecule has 0 rings (SSSR count). The first-order chi connectivity index (χ1) is 6.77. The molecule has 0 fully saturated rings. The summed E-state index contributed by atoms with van der Waals surface area (Å²) in [5, 5.41) is 0. The van der Waals surface area contributed by atoms with Crippen LogP contribution in [0.3, 0.4) is 0 Å². The second kappa shape index (κ2) is 5.75. The minimum absolute atomic E-state index is 0.200. The zero-order valence-corrected chi connectivity index (χ0v) is 10.8. The molecule has 0 amide bonds. The molecule has 0 bridgehead atoms. The molecule has 90 valence electrons. The van der Waals surface area contributed by atoms with Crippen LogP contribution in [0.1, 0.15) is 34.6 Å². The Labute approximate surface area is 90.7 Å². The fraction of sp³-hybridized carbons (Fsp3) is 0.889. The number of carbonyl (C=O) groups excluding carboxylic acids is 1. The van der Waals surface area contributed by atoms with Gasteiger partial charge in [-0.3, -0.25) is 18.4 Å². The van der Waals surface area contributed by atoms with E-state index in [2.05, 4.69) is 0 Å². The Morgan fingerprint density at radius 2 is 1.60 bits per heavy atom. The zero-order chi connectivity index (χ0) is 12.1. The van der Waals surface area contributed by atoms with E-state index in [4.69, 9.17) is 13.6 Å². The van der Waals surface area contributed by atoms with Crippen molar-refractivity contribution < 1.29 is 22.9 Å². The standard InChI is InChI=1S/C9H19O5P/c1-6-12-15(11,13-7-2)14-9(4,5)8(3)10/h6-7H2,1-5H3. The molecule has 0 saturated carbocycles. The predicted octanol–water partition coefficient (Wildman–Crippen LogP) is 2.55. The van der Waals surface area contributed by atoms with E-state index in [1.165, 1.54) is 20.8 Å². The monoisotopic (exact) mass is 238 g/mol. The molecular weight excluding hydrogens is 219 g/mol. The van der Waals surface area contributed by atoms with Crippen LogP contribution in [0.15, 0.2) is 0 Å². The average Bonchev–Trinajstić information content (AvgIpc) is 2.02. The van der Waals surface area contributed by atoms with E-state index in [1.807, 2.05) is 0 Å². The van der Waals surface area contributed by atoms with E-state index >= 15 is 0 Å². The van der Waals surface area contributed by atoms with Gasteiger partial charge in [0.1, 0.15) is 5.60 Å². The maximum Gasteiger partial charge on any atom is 0.475 e. The highest BCUT2D eigenvalue weighted by Gasteiger charge is 2.37. The number of phosphoric acid groups is 1. The molecule has 0 saturated heterocycles. The average molecular weight is 238 g/mol. The van der Waals surface area contributed by atoms with E-state index in [0.717, 1.165) is 0 Å². The van der Waals surface area contributed by atoms with Gasteiger partial charge in [-0.1, -0.05) is 0 Å². The van der Waals surface area contributed by atoms with Gasteiger partial charge in [0.05, 0.1) is 13.2 Å². The summed E-state index contributed by atoms with van der Waals surface area (Å²) in [4.78, 5) is 11.2. The summed E-state index contributed by atoms with van der Waals surface area (Å²) < 4.78 is 26.9. The highest BCUT2D eigenvalue weighted by Crippen LogP contribution is 2.52. The van der Waals surface area contributed by atoms with Crippen molar-refractivity contribution in [2.24, 2.45) is 0 Å². The molecule has 0 N–H and O–H groups in total. The number of hydrogen-bond donors (Lipinski definition) is 0. The fourth-order valence-electron chi connectivity index (χ4n) is 0.750. The van der Waals surface area contributed by atoms with Gasteiger partial charge in [-0.25, -0.2) is 4.57 Å². The second-order valence-electron chi connectivity index (χ2n) is 3.44. The molecule has 0 aliphatic heterocycles. The number of Topliss-reactive ketones (excluding diaryl/α,β-unsaturated/α-hetero) is 1. The quantitative estimate of drug-likeness (QED) is 0.638. The first-order valence-corrected chi connectivity index (χ1v) is 6.34. The lowest BCUT2D eigenvalue weighted by Gasteiger charge is -2.26. The maximum atomic E-state index is 11.9. The molecule has 0 unspecified atom stereocenters. The summed E-state index contributed by atoms with van der Waals surface area (Å²) in [6.45, 7) is 8.17. The number of hydrogen-bond acceptors (Lipinski definition) is 5. The molecule has 6 heteroatoms. The lowest BCUT2D eigenvalue weighted by molar-refractivity contribution is -0.131. The Morgan fingerprint density at radius 1 is 1.20 bits per heavy atom. The van der Waals surface area contributed by atoms with Crippen molar-refractivity contribution >= 4 is 13.6 Å². The molecule has 0 radical (unpaired) electrons. The first-order valence-electron chi connectivity index (χ1n) is 4.88. The van der Waals surface area contributed by atoms with E-state index in [-0.39, 0.29) is 19.0 Å². The van der Waals surface area contributed by atoms with Crippen LogP contribution >= 0.6 is 7.82 Å². The third-order valence-corrected chi connectivity index (χ3v) is 3.59. The van der Waals surface area contributed by atoms with Crippen LogP contribution in [0.5, 0.6) is 0 Å². The summed E-state index contributed by atoms with van der Waals surface area (Å²) >= 11 is 0. The molecule has 0 aromatic rings. The van der Waals surface area contributed by atoms with Crippen LogP contribution in [0.2, 0.25) is 0 Å². The third-order valence-electron chi connectivity index (χ3n) is 1.76. The number of ketones is 1.